The highest BCUT2D eigenvalue weighted by molar-refractivity contribution is 6.07. The normalized spacial score (nSPS) is 12.1. The van der Waals surface area contributed by atoms with E-state index in [-0.39, 0.29) is 6.42 Å². The third kappa shape index (κ3) is 2.03. The highest BCUT2D eigenvalue weighted by Crippen LogP contribution is 2.32. The van der Waals surface area contributed by atoms with Crippen molar-refractivity contribution in [3.63, 3.8) is 0 Å². The zero-order valence-corrected chi connectivity index (χ0v) is 11.5. The van der Waals surface area contributed by atoms with E-state index in [2.05, 4.69) is 16.0 Å². The Kier molecular flexibility index (Phi) is 2.74. The van der Waals surface area contributed by atoms with Gasteiger partial charge in [0.25, 0.3) is 0 Å². The molecule has 102 valence electrons. The van der Waals surface area contributed by atoms with Crippen molar-refractivity contribution in [1.82, 2.24) is 9.97 Å². The maximum Gasteiger partial charge on any atom is 0.304 e. The van der Waals surface area contributed by atoms with Gasteiger partial charge in [-0.2, -0.15) is 0 Å². The Labute approximate surface area is 116 Å². The molecule has 2 N–H and O–H groups in total. The minimum Gasteiger partial charge on any atom is -0.481 e. The van der Waals surface area contributed by atoms with Crippen LogP contribution in [0.1, 0.15) is 25.8 Å². The minimum atomic E-state index is -0.779. The van der Waals surface area contributed by atoms with Crippen LogP contribution in [-0.2, 0) is 10.2 Å². The number of benzene rings is 1. The molecule has 0 saturated carbocycles. The second-order valence-electron chi connectivity index (χ2n) is 5.76. The lowest BCUT2D eigenvalue weighted by molar-refractivity contribution is -0.138. The number of rotatable bonds is 3. The van der Waals surface area contributed by atoms with Crippen LogP contribution in [0.25, 0.3) is 21.8 Å². The van der Waals surface area contributed by atoms with Crippen molar-refractivity contribution in [3.05, 3.63) is 42.2 Å². The summed E-state index contributed by atoms with van der Waals surface area (Å²) in [4.78, 5) is 18.4. The van der Waals surface area contributed by atoms with Gasteiger partial charge in [-0.25, -0.2) is 0 Å². The third-order valence-corrected chi connectivity index (χ3v) is 3.77. The van der Waals surface area contributed by atoms with E-state index in [1.807, 2.05) is 32.0 Å². The predicted molar refractivity (Wildman–Crippen MR) is 78.9 cm³/mol. The first-order valence-corrected chi connectivity index (χ1v) is 6.55. The van der Waals surface area contributed by atoms with Gasteiger partial charge < -0.3 is 10.1 Å². The van der Waals surface area contributed by atoms with Gasteiger partial charge in [0, 0.05) is 27.9 Å². The molecule has 1 aromatic carbocycles. The van der Waals surface area contributed by atoms with Crippen LogP contribution in [-0.4, -0.2) is 21.0 Å². The van der Waals surface area contributed by atoms with E-state index in [1.165, 1.54) is 0 Å². The smallest absolute Gasteiger partial charge is 0.304 e. The summed E-state index contributed by atoms with van der Waals surface area (Å²) < 4.78 is 0. The summed E-state index contributed by atoms with van der Waals surface area (Å²) in [6, 6.07) is 8.06. The van der Waals surface area contributed by atoms with Crippen LogP contribution in [0.2, 0.25) is 0 Å². The molecule has 0 atom stereocenters. The summed E-state index contributed by atoms with van der Waals surface area (Å²) in [5, 5.41) is 11.3. The second-order valence-corrected chi connectivity index (χ2v) is 5.76. The molecule has 4 nitrogen and oxygen atoms in total. The third-order valence-electron chi connectivity index (χ3n) is 3.77. The van der Waals surface area contributed by atoms with Gasteiger partial charge in [-0.05, 0) is 23.8 Å². The maximum absolute atomic E-state index is 11.0. The molecule has 0 saturated heterocycles. The van der Waals surface area contributed by atoms with Crippen molar-refractivity contribution in [1.29, 1.82) is 0 Å². The Balaban J connectivity index is 2.19. The Morgan fingerprint density at radius 3 is 2.80 bits per heavy atom. The number of hydrogen-bond donors (Lipinski definition) is 2. The molecule has 0 spiro atoms. The molecule has 4 heteroatoms. The van der Waals surface area contributed by atoms with Crippen molar-refractivity contribution in [2.24, 2.45) is 0 Å². The summed E-state index contributed by atoms with van der Waals surface area (Å²) >= 11 is 0. The van der Waals surface area contributed by atoms with Gasteiger partial charge in [0.05, 0.1) is 18.1 Å². The quantitative estimate of drug-likeness (QED) is 0.764. The van der Waals surface area contributed by atoms with Gasteiger partial charge in [-0.3, -0.25) is 9.78 Å². The molecule has 0 amide bonds. The average molecular weight is 268 g/mol. The van der Waals surface area contributed by atoms with Gasteiger partial charge in [-0.15, -0.1) is 0 Å². The first kappa shape index (κ1) is 12.7. The van der Waals surface area contributed by atoms with Gasteiger partial charge in [0.2, 0.25) is 0 Å². The van der Waals surface area contributed by atoms with Crippen LogP contribution >= 0.6 is 0 Å². The van der Waals surface area contributed by atoms with Crippen LogP contribution in [0.15, 0.2) is 36.7 Å². The number of aromatic amines is 1. The number of aromatic nitrogens is 2. The Morgan fingerprint density at radius 2 is 2.05 bits per heavy atom. The average Bonchev–Trinajstić information content (AvgIpc) is 2.74. The van der Waals surface area contributed by atoms with E-state index in [0.29, 0.717) is 0 Å². The van der Waals surface area contributed by atoms with E-state index in [9.17, 15) is 4.79 Å². The molecule has 2 heterocycles. The van der Waals surface area contributed by atoms with Gasteiger partial charge in [0.15, 0.2) is 0 Å². The molecule has 0 fully saturated rings. The molecular formula is C16H16N2O2. The minimum absolute atomic E-state index is 0.114. The molecule has 0 bridgehead atoms. The molecule has 3 aromatic rings. The predicted octanol–water partition coefficient (Wildman–Crippen LogP) is 3.47. The maximum atomic E-state index is 11.0. The zero-order chi connectivity index (χ0) is 14.3. The number of aliphatic carboxylic acids is 1. The van der Waals surface area contributed by atoms with Gasteiger partial charge in [0.1, 0.15) is 0 Å². The number of hydrogen-bond acceptors (Lipinski definition) is 2. The Hall–Kier alpha value is -2.36. The fourth-order valence-electron chi connectivity index (χ4n) is 2.65. The summed E-state index contributed by atoms with van der Waals surface area (Å²) in [5.74, 6) is -0.779. The van der Waals surface area contributed by atoms with Crippen LogP contribution in [0.3, 0.4) is 0 Å². The number of carboxylic acid groups (broad SMARTS) is 1. The molecule has 2 aromatic heterocycles. The molecule has 0 radical (unpaired) electrons. The second kappa shape index (κ2) is 4.34. The summed E-state index contributed by atoms with van der Waals surface area (Å²) in [5.41, 5.74) is 2.68. The van der Waals surface area contributed by atoms with E-state index in [4.69, 9.17) is 5.11 Å². The van der Waals surface area contributed by atoms with Crippen molar-refractivity contribution in [2.75, 3.05) is 0 Å². The van der Waals surface area contributed by atoms with E-state index in [1.54, 1.807) is 12.4 Å². The lowest BCUT2D eigenvalue weighted by Crippen LogP contribution is -2.21. The first-order chi connectivity index (χ1) is 9.47. The summed E-state index contributed by atoms with van der Waals surface area (Å²) in [7, 11) is 0. The standard InChI is InChI=1S/C16H16N2O2/c1-16(2,8-15(19)20)10-3-4-13-12(7-10)11-5-6-17-9-14(11)18-13/h3-7,9,18H,8H2,1-2H3,(H,19,20). The van der Waals surface area contributed by atoms with E-state index < -0.39 is 11.4 Å². The topological polar surface area (TPSA) is 66.0 Å². The zero-order valence-electron chi connectivity index (χ0n) is 11.5. The van der Waals surface area contributed by atoms with Crippen molar-refractivity contribution in [3.8, 4) is 0 Å². The van der Waals surface area contributed by atoms with Crippen LogP contribution in [0.4, 0.5) is 0 Å². The Bertz CT molecular complexity index is 802. The molecule has 0 aliphatic heterocycles. The van der Waals surface area contributed by atoms with E-state index in [0.717, 1.165) is 27.4 Å². The van der Waals surface area contributed by atoms with Crippen LogP contribution < -0.4 is 0 Å². The number of pyridine rings is 1. The van der Waals surface area contributed by atoms with E-state index >= 15 is 0 Å². The van der Waals surface area contributed by atoms with Crippen molar-refractivity contribution >= 4 is 27.8 Å². The number of nitrogens with one attached hydrogen (secondary N) is 1. The molecular weight excluding hydrogens is 252 g/mol. The van der Waals surface area contributed by atoms with Crippen molar-refractivity contribution < 1.29 is 9.90 Å². The highest BCUT2D eigenvalue weighted by atomic mass is 16.4. The van der Waals surface area contributed by atoms with Crippen molar-refractivity contribution in [2.45, 2.75) is 25.7 Å². The number of fused-ring (bicyclic) bond motifs is 3. The van der Waals surface area contributed by atoms with Gasteiger partial charge >= 0.3 is 5.97 Å². The lowest BCUT2D eigenvalue weighted by atomic mass is 9.81. The fourth-order valence-corrected chi connectivity index (χ4v) is 2.65. The summed E-state index contributed by atoms with van der Waals surface area (Å²) in [6.07, 6.45) is 3.69. The SMILES string of the molecule is CC(C)(CC(=O)O)c1ccc2[nH]c3cnccc3c2c1. The number of H-pyrrole nitrogens is 1. The number of carbonyl (C=O) groups is 1. The van der Waals surface area contributed by atoms with Gasteiger partial charge in [-0.1, -0.05) is 19.9 Å². The molecule has 0 aliphatic rings. The number of nitrogens with zero attached hydrogens (tertiary/aromatic N) is 1. The first-order valence-electron chi connectivity index (χ1n) is 6.55. The largest absolute Gasteiger partial charge is 0.481 e. The highest BCUT2D eigenvalue weighted by Gasteiger charge is 2.24. The molecule has 3 rings (SSSR count). The molecule has 0 unspecified atom stereocenters. The Morgan fingerprint density at radius 1 is 1.25 bits per heavy atom. The monoisotopic (exact) mass is 268 g/mol. The number of carboxylic acids is 1. The van der Waals surface area contributed by atoms with Crippen LogP contribution in [0.5, 0.6) is 0 Å². The summed E-state index contributed by atoms with van der Waals surface area (Å²) in [6.45, 7) is 3.91. The fraction of sp³-hybridized carbons (Fsp3) is 0.250. The van der Waals surface area contributed by atoms with Crippen LogP contribution in [0, 0.1) is 0 Å². The molecule has 20 heavy (non-hydrogen) atoms. The molecule has 0 aliphatic carbocycles. The lowest BCUT2D eigenvalue weighted by Gasteiger charge is -2.23.